The van der Waals surface area contributed by atoms with E-state index in [4.69, 9.17) is 5.73 Å². The Bertz CT molecular complexity index is 475. The highest BCUT2D eigenvalue weighted by Gasteiger charge is 2.33. The zero-order chi connectivity index (χ0) is 13.9. The van der Waals surface area contributed by atoms with Crippen LogP contribution in [0.1, 0.15) is 39.5 Å². The van der Waals surface area contributed by atoms with Gasteiger partial charge in [0, 0.05) is 25.5 Å². The molecule has 0 radical (unpaired) electrons. The Morgan fingerprint density at radius 3 is 2.74 bits per heavy atom. The minimum Gasteiger partial charge on any atom is -0.359 e. The monoisotopic (exact) mass is 264 g/mol. The van der Waals surface area contributed by atoms with Crippen LogP contribution in [-0.4, -0.2) is 21.6 Å². The van der Waals surface area contributed by atoms with Gasteiger partial charge in [-0.15, -0.1) is 0 Å². The lowest BCUT2D eigenvalue weighted by Crippen LogP contribution is -2.45. The lowest BCUT2D eigenvalue weighted by molar-refractivity contribution is 0.483. The van der Waals surface area contributed by atoms with E-state index < -0.39 is 0 Å². The van der Waals surface area contributed by atoms with Crippen LogP contribution in [0.5, 0.6) is 0 Å². The van der Waals surface area contributed by atoms with E-state index in [1.165, 1.54) is 0 Å². The molecule has 0 aliphatic heterocycles. The van der Waals surface area contributed by atoms with Gasteiger partial charge in [0.25, 0.3) is 5.56 Å². The summed E-state index contributed by atoms with van der Waals surface area (Å²) in [4.78, 5) is 16.6. The molecule has 1 aromatic heterocycles. The molecular weight excluding hydrogens is 240 g/mol. The summed E-state index contributed by atoms with van der Waals surface area (Å²) in [5.41, 5.74) is 5.71. The van der Waals surface area contributed by atoms with Crippen LogP contribution in [0.3, 0.4) is 0 Å². The third-order valence-electron chi connectivity index (χ3n) is 3.81. The Hall–Kier alpha value is -1.36. The molecule has 1 heterocycles. The first kappa shape index (κ1) is 14.1. The number of nitrogens with one attached hydrogen (secondary N) is 1. The molecule has 0 atom stereocenters. The molecule has 1 aliphatic rings. The van der Waals surface area contributed by atoms with E-state index in [1.54, 1.807) is 17.0 Å². The van der Waals surface area contributed by atoms with Gasteiger partial charge in [0.1, 0.15) is 0 Å². The van der Waals surface area contributed by atoms with Crippen molar-refractivity contribution >= 4 is 5.82 Å². The highest BCUT2D eigenvalue weighted by Crippen LogP contribution is 2.30. The second kappa shape index (κ2) is 5.74. The van der Waals surface area contributed by atoms with Crippen LogP contribution in [0.15, 0.2) is 17.2 Å². The van der Waals surface area contributed by atoms with E-state index in [2.05, 4.69) is 24.1 Å². The number of nitrogens with zero attached hydrogens (tertiary/aromatic N) is 2. The van der Waals surface area contributed by atoms with Crippen LogP contribution in [0.25, 0.3) is 0 Å². The van der Waals surface area contributed by atoms with Crippen molar-refractivity contribution in [2.45, 2.75) is 51.6 Å². The first-order valence-corrected chi connectivity index (χ1v) is 7.10. The molecule has 0 spiro atoms. The number of anilines is 1. The summed E-state index contributed by atoms with van der Waals surface area (Å²) < 4.78 is 1.72. The van der Waals surface area contributed by atoms with E-state index in [9.17, 15) is 4.79 Å². The van der Waals surface area contributed by atoms with Gasteiger partial charge >= 0.3 is 0 Å². The average Bonchev–Trinajstić information content (AvgIpc) is 2.83. The van der Waals surface area contributed by atoms with Crippen LogP contribution in [-0.2, 0) is 6.54 Å². The fourth-order valence-electron chi connectivity index (χ4n) is 2.75. The standard InChI is InChI=1S/C14H24N4O/c1-11(2)9-18-8-7-16-12(13(18)19)17-14(10-15)5-3-4-6-14/h7-8,11H,3-6,9-10,15H2,1-2H3,(H,16,17). The fraction of sp³-hybridized carbons (Fsp3) is 0.714. The van der Waals surface area contributed by atoms with Gasteiger partial charge in [0.2, 0.25) is 0 Å². The molecule has 19 heavy (non-hydrogen) atoms. The lowest BCUT2D eigenvalue weighted by atomic mass is 9.98. The third-order valence-corrected chi connectivity index (χ3v) is 3.81. The first-order chi connectivity index (χ1) is 9.06. The molecule has 0 bridgehead atoms. The van der Waals surface area contributed by atoms with E-state index in [0.717, 1.165) is 25.7 Å². The fourth-order valence-corrected chi connectivity index (χ4v) is 2.75. The maximum atomic E-state index is 12.3. The average molecular weight is 264 g/mol. The van der Waals surface area contributed by atoms with Crippen LogP contribution in [0, 0.1) is 5.92 Å². The number of rotatable bonds is 5. The second-order valence-electron chi connectivity index (χ2n) is 5.94. The normalized spacial score (nSPS) is 17.9. The van der Waals surface area contributed by atoms with Crippen molar-refractivity contribution in [1.29, 1.82) is 0 Å². The minimum atomic E-state index is -0.136. The summed E-state index contributed by atoms with van der Waals surface area (Å²) in [6.07, 6.45) is 7.80. The van der Waals surface area contributed by atoms with Gasteiger partial charge in [0.05, 0.1) is 5.54 Å². The van der Waals surface area contributed by atoms with Crippen LogP contribution in [0.4, 0.5) is 5.82 Å². The van der Waals surface area contributed by atoms with E-state index in [1.807, 2.05) is 0 Å². The van der Waals surface area contributed by atoms with Crippen LogP contribution < -0.4 is 16.6 Å². The number of aromatic nitrogens is 2. The molecule has 0 aromatic carbocycles. The topological polar surface area (TPSA) is 72.9 Å². The van der Waals surface area contributed by atoms with Crippen molar-refractivity contribution in [2.24, 2.45) is 11.7 Å². The van der Waals surface area contributed by atoms with Gasteiger partial charge in [-0.1, -0.05) is 26.7 Å². The predicted octanol–water partition coefficient (Wildman–Crippen LogP) is 1.58. The summed E-state index contributed by atoms with van der Waals surface area (Å²) in [7, 11) is 0. The summed E-state index contributed by atoms with van der Waals surface area (Å²) in [5, 5.41) is 3.32. The summed E-state index contributed by atoms with van der Waals surface area (Å²) in [6.45, 7) is 5.45. The highest BCUT2D eigenvalue weighted by atomic mass is 16.1. The van der Waals surface area contributed by atoms with Crippen molar-refractivity contribution in [2.75, 3.05) is 11.9 Å². The van der Waals surface area contributed by atoms with Gasteiger partial charge in [-0.25, -0.2) is 4.98 Å². The highest BCUT2D eigenvalue weighted by molar-refractivity contribution is 5.36. The van der Waals surface area contributed by atoms with Gasteiger partial charge in [-0.3, -0.25) is 4.79 Å². The van der Waals surface area contributed by atoms with Crippen LogP contribution >= 0.6 is 0 Å². The Morgan fingerprint density at radius 2 is 2.16 bits per heavy atom. The SMILES string of the molecule is CC(C)Cn1ccnc(NC2(CN)CCCC2)c1=O. The number of nitrogens with two attached hydrogens (primary N) is 1. The molecule has 5 nitrogen and oxygen atoms in total. The molecule has 1 fully saturated rings. The van der Waals surface area contributed by atoms with Gasteiger partial charge in [-0.2, -0.15) is 0 Å². The Labute approximate surface area is 114 Å². The molecule has 5 heteroatoms. The van der Waals surface area contributed by atoms with E-state index in [-0.39, 0.29) is 11.1 Å². The van der Waals surface area contributed by atoms with Gasteiger partial charge in [0.15, 0.2) is 5.82 Å². The molecule has 3 N–H and O–H groups in total. The van der Waals surface area contributed by atoms with Crippen LogP contribution in [0.2, 0.25) is 0 Å². The van der Waals surface area contributed by atoms with Crippen molar-refractivity contribution in [3.8, 4) is 0 Å². The molecular formula is C14H24N4O. The molecule has 1 aliphatic carbocycles. The third kappa shape index (κ3) is 3.15. The minimum absolute atomic E-state index is 0.0454. The maximum Gasteiger partial charge on any atom is 0.293 e. The molecule has 0 amide bonds. The first-order valence-electron chi connectivity index (χ1n) is 7.10. The zero-order valence-corrected chi connectivity index (χ0v) is 11.9. The zero-order valence-electron chi connectivity index (χ0n) is 11.9. The van der Waals surface area contributed by atoms with Crippen molar-refractivity contribution in [1.82, 2.24) is 9.55 Å². The lowest BCUT2D eigenvalue weighted by Gasteiger charge is -2.29. The van der Waals surface area contributed by atoms with Crippen molar-refractivity contribution in [3.63, 3.8) is 0 Å². The molecule has 106 valence electrons. The summed E-state index contributed by atoms with van der Waals surface area (Å²) >= 11 is 0. The molecule has 0 unspecified atom stereocenters. The molecule has 1 aromatic rings. The summed E-state index contributed by atoms with van der Waals surface area (Å²) in [5.74, 6) is 0.874. The van der Waals surface area contributed by atoms with Gasteiger partial charge < -0.3 is 15.6 Å². The number of hydrogen-bond donors (Lipinski definition) is 2. The predicted molar refractivity (Wildman–Crippen MR) is 77.2 cm³/mol. The quantitative estimate of drug-likeness (QED) is 0.847. The smallest absolute Gasteiger partial charge is 0.293 e. The second-order valence-corrected chi connectivity index (χ2v) is 5.94. The van der Waals surface area contributed by atoms with Crippen molar-refractivity contribution in [3.05, 3.63) is 22.7 Å². The Balaban J connectivity index is 2.23. The van der Waals surface area contributed by atoms with E-state index in [0.29, 0.717) is 24.8 Å². The van der Waals surface area contributed by atoms with E-state index >= 15 is 0 Å². The maximum absolute atomic E-state index is 12.3. The Morgan fingerprint density at radius 1 is 1.47 bits per heavy atom. The molecule has 2 rings (SSSR count). The summed E-state index contributed by atoms with van der Waals surface area (Å²) in [6, 6.07) is 0. The molecule has 1 saturated carbocycles. The largest absolute Gasteiger partial charge is 0.359 e. The Kier molecular flexibility index (Phi) is 4.24. The van der Waals surface area contributed by atoms with Crippen molar-refractivity contribution < 1.29 is 0 Å². The number of hydrogen-bond acceptors (Lipinski definition) is 4. The van der Waals surface area contributed by atoms with Gasteiger partial charge in [-0.05, 0) is 18.8 Å². The molecule has 0 saturated heterocycles.